The van der Waals surface area contributed by atoms with Crippen LogP contribution in [0.5, 0.6) is 11.8 Å². The Morgan fingerprint density at radius 1 is 0.606 bits per heavy atom. The molecule has 8 aromatic rings. The summed E-state index contributed by atoms with van der Waals surface area (Å²) < 4.78 is 14.3. The molecule has 20 heteroatoms. The maximum atomic E-state index is 13.1. The number of nitrogens with zero attached hydrogens (tertiary/aromatic N) is 8. The lowest BCUT2D eigenvalue weighted by molar-refractivity contribution is 0.0955. The van der Waals surface area contributed by atoms with E-state index in [2.05, 4.69) is 46.7 Å². The minimum Gasteiger partial charge on any atom is -0.481 e. The van der Waals surface area contributed by atoms with E-state index >= 15 is 0 Å². The van der Waals surface area contributed by atoms with Crippen LogP contribution in [-0.2, 0) is 0 Å². The first-order valence-electron chi connectivity index (χ1n) is 19.9. The number of carbonyl (C=O) groups is 4. The Hall–Kier alpha value is -7.94. The van der Waals surface area contributed by atoms with Crippen LogP contribution in [0.25, 0.3) is 22.2 Å². The molecule has 0 bridgehead atoms. The van der Waals surface area contributed by atoms with Crippen LogP contribution in [0.15, 0.2) is 139 Å². The number of pyridine rings is 4. The molecule has 0 spiro atoms. The minimum atomic E-state index is -1.49. The quantitative estimate of drug-likeness (QED) is 0.139. The monoisotopic (exact) mass is 954 g/mol. The number of anilines is 2. The lowest BCUT2D eigenvalue weighted by atomic mass is 9.80. The summed E-state index contributed by atoms with van der Waals surface area (Å²) in [6.45, 7) is 0. The van der Waals surface area contributed by atoms with Gasteiger partial charge in [0.15, 0.2) is 0 Å². The summed E-state index contributed by atoms with van der Waals surface area (Å²) in [5.74, 6) is 0.361. The summed E-state index contributed by atoms with van der Waals surface area (Å²) in [4.78, 5) is 59.8. The number of nitrogens with one attached hydrogen (secondary N) is 2. The van der Waals surface area contributed by atoms with Gasteiger partial charge < -0.3 is 40.0 Å². The Bertz CT molecular complexity index is 2970. The van der Waals surface area contributed by atoms with Gasteiger partial charge in [-0.3, -0.25) is 19.2 Å². The highest BCUT2D eigenvalue weighted by molar-refractivity contribution is 9.10. The van der Waals surface area contributed by atoms with Crippen LogP contribution < -0.4 is 35.4 Å². The van der Waals surface area contributed by atoms with Crippen LogP contribution >= 0.6 is 15.9 Å². The van der Waals surface area contributed by atoms with Gasteiger partial charge in [-0.1, -0.05) is 24.3 Å². The fourth-order valence-electron chi connectivity index (χ4n) is 6.32. The third-order valence-electron chi connectivity index (χ3n) is 10.1. The maximum Gasteiger partial charge on any atom is 0.488 e. The van der Waals surface area contributed by atoms with E-state index in [0.717, 1.165) is 26.6 Å². The molecule has 2 aromatic carbocycles. The highest BCUT2D eigenvalue weighted by atomic mass is 79.9. The van der Waals surface area contributed by atoms with Gasteiger partial charge in [0.1, 0.15) is 0 Å². The van der Waals surface area contributed by atoms with Crippen LogP contribution in [0.2, 0.25) is 0 Å². The molecule has 0 saturated heterocycles. The molecule has 336 valence electrons. The van der Waals surface area contributed by atoms with Crippen molar-refractivity contribution < 1.29 is 38.7 Å². The summed E-state index contributed by atoms with van der Waals surface area (Å²) in [5.41, 5.74) is 7.29. The average Bonchev–Trinajstić information content (AvgIpc) is 3.97. The number of hydrogen-bond acceptors (Lipinski definition) is 12. The number of fused-ring (bicyclic) bond motifs is 2. The number of methoxy groups -OCH3 is 2. The normalized spacial score (nSPS) is 10.4. The topological polar surface area (TPSA) is 218 Å². The number of ether oxygens (including phenoxy) is 2. The van der Waals surface area contributed by atoms with E-state index < -0.39 is 7.12 Å². The molecule has 0 aliphatic rings. The Morgan fingerprint density at radius 2 is 1.06 bits per heavy atom. The standard InChI is InChI=1S/C23H21N5O3.C15H13BrN4O2.C8H10BNO3/c1-24-22(29)16-6-4-15(5-7-16)19-14-26-28-11-10-17(12-20(19)28)23(30)27(2)18-8-9-21(31-3)25-13-18;1-19(11-3-4-14(22-2)17-8-11)15(21)10-5-6-20-13(7-10)12(16)9-18-20;1-10-8(11)6-2-4-7(5-3-6)9(12)13/h4-14H,1-3H3,(H,24,29);3-9H,1-2H3;2-5,12-13H,1H3,(H,10,11). The predicted octanol–water partition coefficient (Wildman–Crippen LogP) is 4.54. The van der Waals surface area contributed by atoms with E-state index in [-0.39, 0.29) is 23.6 Å². The average molecular weight is 956 g/mol. The fourth-order valence-corrected chi connectivity index (χ4v) is 6.71. The van der Waals surface area contributed by atoms with E-state index in [9.17, 15) is 19.2 Å². The second-order valence-corrected chi connectivity index (χ2v) is 15.0. The first-order valence-corrected chi connectivity index (χ1v) is 20.7. The molecule has 4 N–H and O–H groups in total. The molecule has 0 radical (unpaired) electrons. The van der Waals surface area contributed by atoms with Gasteiger partial charge in [0.2, 0.25) is 11.8 Å². The molecule has 6 aromatic heterocycles. The first kappa shape index (κ1) is 47.5. The summed E-state index contributed by atoms with van der Waals surface area (Å²) in [6.07, 6.45) is 10.1. The molecule has 0 aliphatic heterocycles. The van der Waals surface area contributed by atoms with Crippen molar-refractivity contribution in [1.82, 2.24) is 39.8 Å². The highest BCUT2D eigenvalue weighted by Crippen LogP contribution is 2.27. The van der Waals surface area contributed by atoms with Gasteiger partial charge >= 0.3 is 7.12 Å². The van der Waals surface area contributed by atoms with Crippen molar-refractivity contribution in [1.29, 1.82) is 0 Å². The van der Waals surface area contributed by atoms with E-state index in [0.29, 0.717) is 50.9 Å². The van der Waals surface area contributed by atoms with Crippen LogP contribution in [0.1, 0.15) is 41.4 Å². The molecule has 66 heavy (non-hydrogen) atoms. The molecule has 0 aliphatic carbocycles. The second-order valence-electron chi connectivity index (χ2n) is 14.1. The molecular weight excluding hydrogens is 911 g/mol. The van der Waals surface area contributed by atoms with Gasteiger partial charge in [-0.2, -0.15) is 10.2 Å². The smallest absolute Gasteiger partial charge is 0.481 e. The third-order valence-corrected chi connectivity index (χ3v) is 10.7. The number of amides is 4. The zero-order valence-electron chi connectivity index (χ0n) is 36.6. The van der Waals surface area contributed by atoms with Gasteiger partial charge in [0.25, 0.3) is 23.6 Å². The number of halogens is 1. The Kier molecular flexibility index (Phi) is 15.6. The Balaban J connectivity index is 0.000000179. The van der Waals surface area contributed by atoms with Gasteiger partial charge in [-0.05, 0) is 87.6 Å². The number of hydrogen-bond donors (Lipinski definition) is 4. The molecule has 0 saturated carbocycles. The summed E-state index contributed by atoms with van der Waals surface area (Å²) in [5, 5.41) is 31.1. The Morgan fingerprint density at radius 3 is 1.50 bits per heavy atom. The highest BCUT2D eigenvalue weighted by Gasteiger charge is 2.18. The van der Waals surface area contributed by atoms with Crippen LogP contribution in [0.3, 0.4) is 0 Å². The SMILES string of the molecule is CNC(=O)c1ccc(-c2cnn3ccc(C(=O)N(C)c4ccc(OC)nc4)cc23)cc1.CNC(=O)c1ccc(B(O)O)cc1.COc1ccc(N(C)C(=O)c2ccn3ncc(Br)c3c2)cn1. The molecule has 0 fully saturated rings. The van der Waals surface area contributed by atoms with Gasteiger partial charge in [-0.15, -0.1) is 0 Å². The molecule has 4 amide bonds. The van der Waals surface area contributed by atoms with Gasteiger partial charge in [-0.25, -0.2) is 19.0 Å². The van der Waals surface area contributed by atoms with Crippen molar-refractivity contribution in [3.8, 4) is 22.9 Å². The predicted molar refractivity (Wildman–Crippen MR) is 254 cm³/mol. The lowest BCUT2D eigenvalue weighted by Crippen LogP contribution is -2.30. The zero-order valence-corrected chi connectivity index (χ0v) is 38.2. The summed E-state index contributed by atoms with van der Waals surface area (Å²) >= 11 is 3.42. The van der Waals surface area contributed by atoms with Crippen molar-refractivity contribution in [2.75, 3.05) is 52.2 Å². The number of rotatable bonds is 10. The van der Waals surface area contributed by atoms with Crippen LogP contribution in [0.4, 0.5) is 11.4 Å². The lowest BCUT2D eigenvalue weighted by Gasteiger charge is -2.17. The van der Waals surface area contributed by atoms with Crippen LogP contribution in [0, 0.1) is 0 Å². The van der Waals surface area contributed by atoms with Crippen LogP contribution in [-0.4, -0.2) is 112 Å². The zero-order chi connectivity index (χ0) is 47.5. The molecule has 0 unspecified atom stereocenters. The molecule has 6 heterocycles. The molecular formula is C46H44BBrN10O8. The molecule has 18 nitrogen and oxygen atoms in total. The summed E-state index contributed by atoms with van der Waals surface area (Å²) in [6, 6.07) is 27.4. The minimum absolute atomic E-state index is 0.123. The van der Waals surface area contributed by atoms with Gasteiger partial charge in [0, 0.05) is 80.5 Å². The molecule has 8 rings (SSSR count). The van der Waals surface area contributed by atoms with Crippen molar-refractivity contribution in [2.45, 2.75) is 0 Å². The van der Waals surface area contributed by atoms with Crippen molar-refractivity contribution in [3.05, 3.63) is 161 Å². The van der Waals surface area contributed by atoms with E-state index in [1.165, 1.54) is 36.2 Å². The second kappa shape index (κ2) is 21.6. The Labute approximate surface area is 387 Å². The largest absolute Gasteiger partial charge is 0.488 e. The van der Waals surface area contributed by atoms with Gasteiger partial charge in [0.05, 0.1) is 65.9 Å². The molecule has 0 atom stereocenters. The maximum absolute atomic E-state index is 13.1. The van der Waals surface area contributed by atoms with Crippen molar-refractivity contribution >= 4 is 74.5 Å². The van der Waals surface area contributed by atoms with E-state index in [1.54, 1.807) is 141 Å². The van der Waals surface area contributed by atoms with Crippen molar-refractivity contribution in [3.63, 3.8) is 0 Å². The van der Waals surface area contributed by atoms with Crippen molar-refractivity contribution in [2.24, 2.45) is 0 Å². The number of carbonyl (C=O) groups excluding carboxylic acids is 4. The fraction of sp³-hybridized carbons (Fsp3) is 0.130. The van der Waals surface area contributed by atoms with E-state index in [4.69, 9.17) is 19.5 Å². The number of aromatic nitrogens is 6. The summed E-state index contributed by atoms with van der Waals surface area (Å²) in [7, 11) is 8.15. The third kappa shape index (κ3) is 11.0. The number of benzene rings is 2. The van der Waals surface area contributed by atoms with E-state index in [1.807, 2.05) is 18.2 Å². The first-order chi connectivity index (χ1) is 31.8.